The molecule has 1 rings (SSSR count). The molecule has 0 heterocycles. The van der Waals surface area contributed by atoms with E-state index in [9.17, 15) is 0 Å². The Bertz CT molecular complexity index is 427. The number of rotatable bonds is 5. The average molecular weight is 247 g/mol. The number of hydrogen-bond acceptors (Lipinski definition) is 3. The van der Waals surface area contributed by atoms with E-state index in [0.29, 0.717) is 11.5 Å². The lowest BCUT2D eigenvalue weighted by Crippen LogP contribution is -2.35. The minimum atomic E-state index is 0.0831. The van der Waals surface area contributed by atoms with Gasteiger partial charge in [0.15, 0.2) is 11.5 Å². The first-order chi connectivity index (χ1) is 8.46. The van der Waals surface area contributed by atoms with Gasteiger partial charge in [-0.15, -0.1) is 6.42 Å². The van der Waals surface area contributed by atoms with Gasteiger partial charge in [0.1, 0.15) is 6.61 Å². The summed E-state index contributed by atoms with van der Waals surface area (Å²) in [6.45, 7) is 7.41. The Labute approximate surface area is 109 Å². The summed E-state index contributed by atoms with van der Waals surface area (Å²) < 4.78 is 10.7. The Hall–Kier alpha value is -1.66. The highest BCUT2D eigenvalue weighted by Gasteiger charge is 2.10. The maximum absolute atomic E-state index is 5.46. The van der Waals surface area contributed by atoms with E-state index in [0.717, 1.165) is 12.1 Å². The van der Waals surface area contributed by atoms with Gasteiger partial charge in [-0.1, -0.05) is 12.0 Å². The summed E-state index contributed by atoms with van der Waals surface area (Å²) in [5, 5.41) is 3.42. The molecule has 0 fully saturated rings. The molecule has 0 bridgehead atoms. The normalized spacial score (nSPS) is 10.8. The van der Waals surface area contributed by atoms with Gasteiger partial charge in [-0.25, -0.2) is 0 Å². The third-order valence-corrected chi connectivity index (χ3v) is 2.36. The summed E-state index contributed by atoms with van der Waals surface area (Å²) in [7, 11) is 1.62. The summed E-state index contributed by atoms with van der Waals surface area (Å²) in [6, 6.07) is 5.86. The minimum absolute atomic E-state index is 0.0831. The molecule has 1 aromatic rings. The monoisotopic (exact) mass is 247 g/mol. The number of terminal acetylenes is 1. The van der Waals surface area contributed by atoms with Gasteiger partial charge in [-0.3, -0.25) is 0 Å². The van der Waals surface area contributed by atoms with E-state index in [1.165, 1.54) is 0 Å². The van der Waals surface area contributed by atoms with Crippen LogP contribution < -0.4 is 14.8 Å². The molecule has 0 aliphatic rings. The predicted molar refractivity (Wildman–Crippen MR) is 73.9 cm³/mol. The van der Waals surface area contributed by atoms with Crippen molar-refractivity contribution in [2.75, 3.05) is 13.7 Å². The van der Waals surface area contributed by atoms with Crippen LogP contribution in [0.3, 0.4) is 0 Å². The van der Waals surface area contributed by atoms with E-state index in [1.54, 1.807) is 7.11 Å². The fraction of sp³-hybridized carbons (Fsp3) is 0.467. The molecule has 3 heteroatoms. The van der Waals surface area contributed by atoms with Crippen LogP contribution in [0.25, 0.3) is 0 Å². The van der Waals surface area contributed by atoms with Crippen molar-refractivity contribution < 1.29 is 9.47 Å². The van der Waals surface area contributed by atoms with Crippen LogP contribution in [0, 0.1) is 12.3 Å². The van der Waals surface area contributed by atoms with Crippen LogP contribution in [0.5, 0.6) is 11.5 Å². The molecule has 1 aromatic carbocycles. The molecule has 0 spiro atoms. The zero-order valence-corrected chi connectivity index (χ0v) is 11.5. The van der Waals surface area contributed by atoms with E-state index < -0.39 is 0 Å². The molecule has 0 saturated carbocycles. The molecule has 0 unspecified atom stereocenters. The molecular formula is C15H21NO2. The summed E-state index contributed by atoms with van der Waals surface area (Å²) in [4.78, 5) is 0. The lowest BCUT2D eigenvalue weighted by molar-refractivity contribution is 0.330. The Balaban J connectivity index is 2.79. The maximum atomic E-state index is 5.46. The number of benzene rings is 1. The molecule has 0 aromatic heterocycles. The quantitative estimate of drug-likeness (QED) is 0.811. The largest absolute Gasteiger partial charge is 0.493 e. The zero-order valence-electron chi connectivity index (χ0n) is 11.5. The average Bonchev–Trinajstić information content (AvgIpc) is 2.33. The second-order valence-corrected chi connectivity index (χ2v) is 5.08. The fourth-order valence-corrected chi connectivity index (χ4v) is 1.43. The topological polar surface area (TPSA) is 30.5 Å². The maximum Gasteiger partial charge on any atom is 0.162 e. The number of nitrogens with one attached hydrogen (secondary N) is 1. The molecular weight excluding hydrogens is 226 g/mol. The van der Waals surface area contributed by atoms with Gasteiger partial charge in [0.05, 0.1) is 7.11 Å². The van der Waals surface area contributed by atoms with Gasteiger partial charge in [0.25, 0.3) is 0 Å². The van der Waals surface area contributed by atoms with E-state index in [2.05, 4.69) is 32.0 Å². The summed E-state index contributed by atoms with van der Waals surface area (Å²) in [5.74, 6) is 3.83. The van der Waals surface area contributed by atoms with E-state index in [4.69, 9.17) is 15.9 Å². The van der Waals surface area contributed by atoms with E-state index >= 15 is 0 Å². The summed E-state index contributed by atoms with van der Waals surface area (Å²) in [5.41, 5.74) is 1.22. The van der Waals surface area contributed by atoms with Crippen LogP contribution >= 0.6 is 0 Å². The van der Waals surface area contributed by atoms with Crippen molar-refractivity contribution in [2.45, 2.75) is 32.9 Å². The second kappa shape index (κ2) is 6.32. The van der Waals surface area contributed by atoms with Crippen molar-refractivity contribution >= 4 is 0 Å². The highest BCUT2D eigenvalue weighted by atomic mass is 16.5. The third kappa shape index (κ3) is 4.68. The van der Waals surface area contributed by atoms with Crippen LogP contribution in [0.4, 0.5) is 0 Å². The van der Waals surface area contributed by atoms with E-state index in [1.807, 2.05) is 18.2 Å². The van der Waals surface area contributed by atoms with Crippen LogP contribution in [-0.4, -0.2) is 19.3 Å². The molecule has 0 atom stereocenters. The first kappa shape index (κ1) is 14.4. The molecule has 0 aliphatic carbocycles. The molecule has 0 radical (unpaired) electrons. The van der Waals surface area contributed by atoms with Crippen LogP contribution in [0.2, 0.25) is 0 Å². The Kier molecular flexibility index (Phi) is 5.06. The van der Waals surface area contributed by atoms with Gasteiger partial charge in [-0.2, -0.15) is 0 Å². The zero-order chi connectivity index (χ0) is 13.6. The van der Waals surface area contributed by atoms with Crippen molar-refractivity contribution in [3.8, 4) is 23.8 Å². The Morgan fingerprint density at radius 2 is 2.00 bits per heavy atom. The number of hydrogen-bond donors (Lipinski definition) is 1. The predicted octanol–water partition coefficient (Wildman–Crippen LogP) is 2.60. The van der Waals surface area contributed by atoms with Gasteiger partial charge < -0.3 is 14.8 Å². The first-order valence-electron chi connectivity index (χ1n) is 5.94. The smallest absolute Gasteiger partial charge is 0.162 e. The van der Waals surface area contributed by atoms with Crippen LogP contribution in [-0.2, 0) is 6.54 Å². The summed E-state index contributed by atoms with van der Waals surface area (Å²) >= 11 is 0. The first-order valence-corrected chi connectivity index (χ1v) is 5.94. The Morgan fingerprint density at radius 1 is 1.28 bits per heavy atom. The lowest BCUT2D eigenvalue weighted by atomic mass is 10.1. The minimum Gasteiger partial charge on any atom is -0.493 e. The molecule has 0 aliphatic heterocycles. The van der Waals surface area contributed by atoms with Gasteiger partial charge in [-0.05, 0) is 38.5 Å². The molecule has 98 valence electrons. The molecule has 1 N–H and O–H groups in total. The van der Waals surface area contributed by atoms with Crippen molar-refractivity contribution in [3.05, 3.63) is 23.8 Å². The fourth-order valence-electron chi connectivity index (χ4n) is 1.43. The number of methoxy groups -OCH3 is 1. The van der Waals surface area contributed by atoms with Crippen LogP contribution in [0.15, 0.2) is 18.2 Å². The van der Waals surface area contributed by atoms with Gasteiger partial charge >= 0.3 is 0 Å². The molecule has 18 heavy (non-hydrogen) atoms. The standard InChI is InChI=1S/C15H21NO2/c1-6-9-18-14-10-12(7-8-13(14)17-5)11-16-15(2,3)4/h1,7-8,10,16H,9,11H2,2-5H3. The highest BCUT2D eigenvalue weighted by molar-refractivity contribution is 5.43. The van der Waals surface area contributed by atoms with Crippen molar-refractivity contribution in [1.29, 1.82) is 0 Å². The SMILES string of the molecule is C#CCOc1cc(CNC(C)(C)C)ccc1OC. The molecule has 3 nitrogen and oxygen atoms in total. The second-order valence-electron chi connectivity index (χ2n) is 5.08. The Morgan fingerprint density at radius 3 is 2.56 bits per heavy atom. The van der Waals surface area contributed by atoms with Crippen molar-refractivity contribution in [3.63, 3.8) is 0 Å². The molecule has 0 saturated heterocycles. The van der Waals surface area contributed by atoms with Crippen molar-refractivity contribution in [1.82, 2.24) is 5.32 Å². The van der Waals surface area contributed by atoms with Crippen LogP contribution in [0.1, 0.15) is 26.3 Å². The van der Waals surface area contributed by atoms with Gasteiger partial charge in [0, 0.05) is 12.1 Å². The summed E-state index contributed by atoms with van der Waals surface area (Å²) in [6.07, 6.45) is 5.19. The number of ether oxygens (including phenoxy) is 2. The van der Waals surface area contributed by atoms with Crippen molar-refractivity contribution in [2.24, 2.45) is 0 Å². The highest BCUT2D eigenvalue weighted by Crippen LogP contribution is 2.28. The third-order valence-electron chi connectivity index (χ3n) is 2.36. The van der Waals surface area contributed by atoms with E-state index in [-0.39, 0.29) is 12.1 Å². The lowest BCUT2D eigenvalue weighted by Gasteiger charge is -2.21. The molecule has 0 amide bonds. The van der Waals surface area contributed by atoms with Gasteiger partial charge in [0.2, 0.25) is 0 Å².